The van der Waals surface area contributed by atoms with Gasteiger partial charge in [-0.2, -0.15) is 0 Å². The van der Waals surface area contributed by atoms with E-state index in [1.54, 1.807) is 24.3 Å². The first kappa shape index (κ1) is 8.46. The van der Waals surface area contributed by atoms with Gasteiger partial charge in [-0.15, -0.1) is 0 Å². The Kier molecular flexibility index (Phi) is 2.58. The lowest BCUT2D eigenvalue weighted by molar-refractivity contribution is 0.0601. The van der Waals surface area contributed by atoms with Gasteiger partial charge in [0.25, 0.3) is 0 Å². The van der Waals surface area contributed by atoms with E-state index in [0.717, 1.165) is 5.69 Å². The van der Waals surface area contributed by atoms with E-state index in [1.165, 1.54) is 7.11 Å². The van der Waals surface area contributed by atoms with Crippen LogP contribution in [0, 0.1) is 0 Å². The quantitative estimate of drug-likeness (QED) is 0.492. The van der Waals surface area contributed by atoms with Crippen molar-refractivity contribution in [1.82, 2.24) is 0 Å². The lowest BCUT2D eigenvalue weighted by atomic mass is 10.2. The fourth-order valence-electron chi connectivity index (χ4n) is 0.821. The number of ether oxygens (including phenoxy) is 1. The molecule has 3 nitrogen and oxygen atoms in total. The topological polar surface area (TPSA) is 38.7 Å². The van der Waals surface area contributed by atoms with Gasteiger partial charge in [-0.25, -0.2) is 4.79 Å². The third-order valence-corrected chi connectivity index (χ3v) is 1.47. The maximum Gasteiger partial charge on any atom is 0.337 e. The van der Waals surface area contributed by atoms with Crippen LogP contribution in [0.4, 0.5) is 5.69 Å². The number of carbonyl (C=O) groups excluding carboxylic acids is 1. The number of esters is 1. The zero-order valence-corrected chi connectivity index (χ0v) is 6.78. The second-order valence-electron chi connectivity index (χ2n) is 2.20. The van der Waals surface area contributed by atoms with Crippen LogP contribution in [0.1, 0.15) is 10.4 Å². The second-order valence-corrected chi connectivity index (χ2v) is 2.20. The minimum atomic E-state index is -0.342. The van der Waals surface area contributed by atoms with Crippen molar-refractivity contribution in [3.63, 3.8) is 0 Å². The van der Waals surface area contributed by atoms with E-state index in [9.17, 15) is 4.79 Å². The van der Waals surface area contributed by atoms with E-state index in [-0.39, 0.29) is 5.97 Å². The molecule has 0 spiro atoms. The van der Waals surface area contributed by atoms with Crippen LogP contribution in [0.5, 0.6) is 0 Å². The molecule has 1 aromatic carbocycles. The highest BCUT2D eigenvalue weighted by Crippen LogP contribution is 2.12. The van der Waals surface area contributed by atoms with Crippen LogP contribution in [0.25, 0.3) is 0 Å². The minimum Gasteiger partial charge on any atom is -0.465 e. The standard InChI is InChI=1S/C9H9NO2/c1-10-8-5-3-7(4-6-8)9(11)12-2/h3-6H,1H2,2H3. The molecule has 0 aromatic heterocycles. The van der Waals surface area contributed by atoms with E-state index in [4.69, 9.17) is 0 Å². The summed E-state index contributed by atoms with van der Waals surface area (Å²) in [5.41, 5.74) is 1.26. The summed E-state index contributed by atoms with van der Waals surface area (Å²) in [5, 5.41) is 0. The Hall–Kier alpha value is -1.64. The normalized spacial score (nSPS) is 9.08. The highest BCUT2D eigenvalue weighted by Gasteiger charge is 2.02. The third kappa shape index (κ3) is 1.69. The first-order valence-corrected chi connectivity index (χ1v) is 3.43. The van der Waals surface area contributed by atoms with Crippen molar-refractivity contribution in [2.45, 2.75) is 0 Å². The largest absolute Gasteiger partial charge is 0.465 e. The van der Waals surface area contributed by atoms with Crippen molar-refractivity contribution in [3.05, 3.63) is 29.8 Å². The molecule has 0 aliphatic rings. The summed E-state index contributed by atoms with van der Waals surface area (Å²) in [4.78, 5) is 14.6. The molecule has 1 rings (SSSR count). The Labute approximate surface area is 70.7 Å². The number of benzene rings is 1. The Morgan fingerprint density at radius 2 is 2.00 bits per heavy atom. The number of methoxy groups -OCH3 is 1. The van der Waals surface area contributed by atoms with Gasteiger partial charge >= 0.3 is 5.97 Å². The van der Waals surface area contributed by atoms with Gasteiger partial charge in [-0.1, -0.05) is 0 Å². The summed E-state index contributed by atoms with van der Waals surface area (Å²) < 4.78 is 4.52. The summed E-state index contributed by atoms with van der Waals surface area (Å²) in [6.07, 6.45) is 0. The van der Waals surface area contributed by atoms with Gasteiger partial charge in [-0.3, -0.25) is 4.99 Å². The van der Waals surface area contributed by atoms with Gasteiger partial charge in [0, 0.05) is 0 Å². The molecular weight excluding hydrogens is 154 g/mol. The van der Waals surface area contributed by atoms with Gasteiger partial charge in [-0.05, 0) is 31.0 Å². The van der Waals surface area contributed by atoms with Crippen LogP contribution in [-0.2, 0) is 4.74 Å². The average molecular weight is 163 g/mol. The summed E-state index contributed by atoms with van der Waals surface area (Å²) in [7, 11) is 1.35. The number of nitrogens with zero attached hydrogens (tertiary/aromatic N) is 1. The summed E-state index contributed by atoms with van der Waals surface area (Å²) >= 11 is 0. The van der Waals surface area contributed by atoms with Crippen molar-refractivity contribution >= 4 is 18.4 Å². The Morgan fingerprint density at radius 3 is 2.42 bits per heavy atom. The van der Waals surface area contributed by atoms with Gasteiger partial charge in [0.2, 0.25) is 0 Å². The van der Waals surface area contributed by atoms with Crippen molar-refractivity contribution < 1.29 is 9.53 Å². The van der Waals surface area contributed by atoms with Crippen LogP contribution >= 0.6 is 0 Å². The van der Waals surface area contributed by atoms with Crippen molar-refractivity contribution in [1.29, 1.82) is 0 Å². The molecule has 0 saturated heterocycles. The molecule has 62 valence electrons. The molecule has 0 aliphatic carbocycles. The number of aliphatic imine (C=N–C) groups is 1. The van der Waals surface area contributed by atoms with Crippen LogP contribution in [0.15, 0.2) is 29.3 Å². The van der Waals surface area contributed by atoms with Crippen LogP contribution < -0.4 is 0 Å². The van der Waals surface area contributed by atoms with E-state index >= 15 is 0 Å². The van der Waals surface area contributed by atoms with Crippen molar-refractivity contribution in [3.8, 4) is 0 Å². The number of rotatable bonds is 2. The third-order valence-electron chi connectivity index (χ3n) is 1.47. The minimum absolute atomic E-state index is 0.342. The van der Waals surface area contributed by atoms with E-state index in [1.807, 2.05) is 0 Å². The molecule has 0 heterocycles. The second kappa shape index (κ2) is 3.67. The predicted octanol–water partition coefficient (Wildman–Crippen LogP) is 1.81. The lowest BCUT2D eigenvalue weighted by Gasteiger charge is -1.97. The molecule has 12 heavy (non-hydrogen) atoms. The smallest absolute Gasteiger partial charge is 0.337 e. The summed E-state index contributed by atoms with van der Waals surface area (Å²) in [5.74, 6) is -0.342. The van der Waals surface area contributed by atoms with E-state index in [2.05, 4.69) is 16.4 Å². The highest BCUT2D eigenvalue weighted by molar-refractivity contribution is 5.89. The van der Waals surface area contributed by atoms with Crippen molar-refractivity contribution in [2.24, 2.45) is 4.99 Å². The van der Waals surface area contributed by atoms with Crippen LogP contribution in [0.3, 0.4) is 0 Å². The molecule has 3 heteroatoms. The Morgan fingerprint density at radius 1 is 1.42 bits per heavy atom. The summed E-state index contributed by atoms with van der Waals surface area (Å²) in [6, 6.07) is 6.71. The van der Waals surface area contributed by atoms with Gasteiger partial charge in [0.05, 0.1) is 18.4 Å². The van der Waals surface area contributed by atoms with Crippen LogP contribution in [-0.4, -0.2) is 19.8 Å². The molecule has 0 amide bonds. The SMILES string of the molecule is C=Nc1ccc(C(=O)OC)cc1. The number of hydrogen-bond donors (Lipinski definition) is 0. The first-order valence-electron chi connectivity index (χ1n) is 3.43. The fraction of sp³-hybridized carbons (Fsp3) is 0.111. The maximum absolute atomic E-state index is 10.9. The number of carbonyl (C=O) groups is 1. The fourth-order valence-corrected chi connectivity index (χ4v) is 0.821. The average Bonchev–Trinajstić information content (AvgIpc) is 2.17. The van der Waals surface area contributed by atoms with Gasteiger partial charge in [0.15, 0.2) is 0 Å². The lowest BCUT2D eigenvalue weighted by Crippen LogP contribution is -1.99. The van der Waals surface area contributed by atoms with E-state index < -0.39 is 0 Å². The molecule has 0 N–H and O–H groups in total. The van der Waals surface area contributed by atoms with Crippen LogP contribution in [0.2, 0.25) is 0 Å². The highest BCUT2D eigenvalue weighted by atomic mass is 16.5. The molecule has 0 unspecified atom stereocenters. The van der Waals surface area contributed by atoms with Crippen molar-refractivity contribution in [2.75, 3.05) is 7.11 Å². The maximum atomic E-state index is 10.9. The molecule has 0 fully saturated rings. The summed E-state index contributed by atoms with van der Waals surface area (Å²) in [6.45, 7) is 3.36. The molecule has 0 atom stereocenters. The van der Waals surface area contributed by atoms with Gasteiger partial charge < -0.3 is 4.74 Å². The number of hydrogen-bond acceptors (Lipinski definition) is 3. The molecule has 0 radical (unpaired) electrons. The monoisotopic (exact) mass is 163 g/mol. The van der Waals surface area contributed by atoms with E-state index in [0.29, 0.717) is 5.56 Å². The predicted molar refractivity (Wildman–Crippen MR) is 47.0 cm³/mol. The van der Waals surface area contributed by atoms with Gasteiger partial charge in [0.1, 0.15) is 0 Å². The molecule has 0 bridgehead atoms. The zero-order chi connectivity index (χ0) is 8.97. The Balaban J connectivity index is 2.91. The molecule has 1 aromatic rings. The molecular formula is C9H9NO2. The first-order chi connectivity index (χ1) is 5.77. The zero-order valence-electron chi connectivity index (χ0n) is 6.78. The molecule has 0 aliphatic heterocycles. The Bertz CT molecular complexity index is 290. The molecule has 0 saturated carbocycles.